The molecule has 0 fully saturated rings. The van der Waals surface area contributed by atoms with Crippen molar-refractivity contribution in [1.82, 2.24) is 0 Å². The van der Waals surface area contributed by atoms with Gasteiger partial charge in [0, 0.05) is 0 Å². The van der Waals surface area contributed by atoms with E-state index < -0.39 is 11.9 Å². The first-order valence-electron chi connectivity index (χ1n) is 5.82. The van der Waals surface area contributed by atoms with Gasteiger partial charge in [0.2, 0.25) is 0 Å². The molecule has 1 aromatic rings. The molecule has 0 saturated heterocycles. The first-order chi connectivity index (χ1) is 8.41. The molecule has 0 amide bonds. The van der Waals surface area contributed by atoms with E-state index in [0.29, 0.717) is 16.5 Å². The van der Waals surface area contributed by atoms with Crippen LogP contribution in [0.5, 0.6) is 0 Å². The molecule has 1 aliphatic rings. The van der Waals surface area contributed by atoms with E-state index in [0.717, 1.165) is 16.7 Å². The summed E-state index contributed by atoms with van der Waals surface area (Å²) in [5.41, 5.74) is 2.81. The lowest BCUT2D eigenvalue weighted by atomic mass is 9.87. The number of aliphatic carboxylic acids is 1. The molecular weight excluding hydrogens is 271 g/mol. The van der Waals surface area contributed by atoms with Gasteiger partial charge >= 0.3 is 5.97 Å². The van der Waals surface area contributed by atoms with Gasteiger partial charge in [-0.15, -0.1) is 0 Å². The predicted molar refractivity (Wildman–Crippen MR) is 74.1 cm³/mol. The van der Waals surface area contributed by atoms with Crippen molar-refractivity contribution in [2.24, 2.45) is 11.8 Å². The molecule has 2 rings (SSSR count). The molecule has 1 unspecified atom stereocenters. The van der Waals surface area contributed by atoms with Crippen molar-refractivity contribution < 1.29 is 9.90 Å². The molecule has 1 aromatic carbocycles. The van der Waals surface area contributed by atoms with Gasteiger partial charge in [0.05, 0.1) is 16.0 Å². The summed E-state index contributed by atoms with van der Waals surface area (Å²) >= 11 is 12.1. The molecule has 18 heavy (non-hydrogen) atoms. The van der Waals surface area contributed by atoms with Crippen LogP contribution in [0.2, 0.25) is 10.0 Å². The third-order valence-corrected chi connectivity index (χ3v) is 4.10. The van der Waals surface area contributed by atoms with Gasteiger partial charge in [0.1, 0.15) is 0 Å². The molecule has 0 heterocycles. The maximum absolute atomic E-state index is 11.3. The fraction of sp³-hybridized carbons (Fsp3) is 0.357. The number of rotatable bonds is 3. The summed E-state index contributed by atoms with van der Waals surface area (Å²) in [6.45, 7) is 3.83. The van der Waals surface area contributed by atoms with E-state index in [1.165, 1.54) is 0 Å². The standard InChI is InChI=1S/C14H14Cl2O2/c1-7(2)12(14(17)18)9-5-8-3-4-11(15)13(16)10(8)6-9/h3-4,6-7,12H,5H2,1-2H3,(H,17,18). The Balaban J connectivity index is 2.42. The predicted octanol–water partition coefficient (Wildman–Crippen LogP) is 4.29. The summed E-state index contributed by atoms with van der Waals surface area (Å²) in [6, 6.07) is 3.66. The van der Waals surface area contributed by atoms with Gasteiger partial charge in [-0.2, -0.15) is 0 Å². The summed E-state index contributed by atoms with van der Waals surface area (Å²) in [6.07, 6.45) is 2.52. The van der Waals surface area contributed by atoms with Crippen LogP contribution in [0.1, 0.15) is 25.0 Å². The van der Waals surface area contributed by atoms with Crippen molar-refractivity contribution in [1.29, 1.82) is 0 Å². The highest BCUT2D eigenvalue weighted by Crippen LogP contribution is 2.39. The van der Waals surface area contributed by atoms with Gasteiger partial charge < -0.3 is 5.11 Å². The number of fused-ring (bicyclic) bond motifs is 1. The lowest BCUT2D eigenvalue weighted by Gasteiger charge is -2.17. The summed E-state index contributed by atoms with van der Waals surface area (Å²) in [4.78, 5) is 11.3. The molecular formula is C14H14Cl2O2. The molecule has 0 spiro atoms. The number of benzene rings is 1. The van der Waals surface area contributed by atoms with Crippen molar-refractivity contribution in [3.8, 4) is 0 Å². The maximum atomic E-state index is 11.3. The summed E-state index contributed by atoms with van der Waals surface area (Å²) in [7, 11) is 0. The number of carboxylic acids is 1. The highest BCUT2D eigenvalue weighted by atomic mass is 35.5. The van der Waals surface area contributed by atoms with Crippen LogP contribution < -0.4 is 0 Å². The molecule has 1 N–H and O–H groups in total. The molecule has 0 saturated carbocycles. The van der Waals surface area contributed by atoms with E-state index in [4.69, 9.17) is 23.2 Å². The minimum absolute atomic E-state index is 0.0531. The Morgan fingerprint density at radius 2 is 2.00 bits per heavy atom. The van der Waals surface area contributed by atoms with Gasteiger partial charge in [-0.25, -0.2) is 0 Å². The van der Waals surface area contributed by atoms with E-state index in [2.05, 4.69) is 0 Å². The Morgan fingerprint density at radius 1 is 1.33 bits per heavy atom. The fourth-order valence-corrected chi connectivity index (χ4v) is 2.85. The molecule has 0 aromatic heterocycles. The van der Waals surface area contributed by atoms with Crippen LogP contribution in [0.4, 0.5) is 0 Å². The molecule has 0 aliphatic heterocycles. The number of hydrogen-bond donors (Lipinski definition) is 1. The van der Waals surface area contributed by atoms with Crippen LogP contribution in [-0.4, -0.2) is 11.1 Å². The van der Waals surface area contributed by atoms with E-state index >= 15 is 0 Å². The van der Waals surface area contributed by atoms with Crippen molar-refractivity contribution >= 4 is 35.2 Å². The van der Waals surface area contributed by atoms with Crippen LogP contribution in [0.15, 0.2) is 17.7 Å². The first-order valence-corrected chi connectivity index (χ1v) is 6.57. The zero-order valence-corrected chi connectivity index (χ0v) is 11.7. The zero-order chi connectivity index (χ0) is 13.4. The maximum Gasteiger partial charge on any atom is 0.310 e. The molecule has 4 heteroatoms. The number of halogens is 2. The average Bonchev–Trinajstić information content (AvgIpc) is 2.67. The van der Waals surface area contributed by atoms with Crippen molar-refractivity contribution in [2.75, 3.05) is 0 Å². The minimum atomic E-state index is -0.786. The second-order valence-corrected chi connectivity index (χ2v) is 5.68. The summed E-state index contributed by atoms with van der Waals surface area (Å²) < 4.78 is 0. The Hall–Kier alpha value is -0.990. The molecule has 2 nitrogen and oxygen atoms in total. The second-order valence-electron chi connectivity index (χ2n) is 4.89. The summed E-state index contributed by atoms with van der Waals surface area (Å²) in [5, 5.41) is 10.3. The van der Waals surface area contributed by atoms with Crippen LogP contribution >= 0.6 is 23.2 Å². The van der Waals surface area contributed by atoms with E-state index in [1.54, 1.807) is 6.07 Å². The third kappa shape index (κ3) is 2.27. The number of carboxylic acid groups (broad SMARTS) is 1. The van der Waals surface area contributed by atoms with E-state index in [-0.39, 0.29) is 5.92 Å². The third-order valence-electron chi connectivity index (χ3n) is 3.28. The van der Waals surface area contributed by atoms with Crippen LogP contribution in [0, 0.1) is 11.8 Å². The highest BCUT2D eigenvalue weighted by Gasteiger charge is 2.29. The van der Waals surface area contributed by atoms with Crippen molar-refractivity contribution in [3.63, 3.8) is 0 Å². The molecule has 96 valence electrons. The Morgan fingerprint density at radius 3 is 2.56 bits per heavy atom. The summed E-state index contributed by atoms with van der Waals surface area (Å²) in [5.74, 6) is -1.20. The zero-order valence-electron chi connectivity index (χ0n) is 10.2. The quantitative estimate of drug-likeness (QED) is 0.899. The van der Waals surface area contributed by atoms with Crippen LogP contribution in [0.3, 0.4) is 0 Å². The molecule has 1 atom stereocenters. The fourth-order valence-electron chi connectivity index (χ4n) is 2.44. The number of carbonyl (C=O) groups is 1. The monoisotopic (exact) mass is 284 g/mol. The smallest absolute Gasteiger partial charge is 0.310 e. The molecule has 1 aliphatic carbocycles. The Kier molecular flexibility index (Phi) is 3.69. The first kappa shape index (κ1) is 13.4. The Bertz CT molecular complexity index is 533. The minimum Gasteiger partial charge on any atom is -0.481 e. The molecule has 0 bridgehead atoms. The topological polar surface area (TPSA) is 37.3 Å². The van der Waals surface area contributed by atoms with Crippen molar-refractivity contribution in [3.05, 3.63) is 38.9 Å². The number of hydrogen-bond acceptors (Lipinski definition) is 1. The Labute approximate surface area is 116 Å². The lowest BCUT2D eigenvalue weighted by molar-refractivity contribution is -0.141. The SMILES string of the molecule is CC(C)C(C(=O)O)C1=Cc2c(ccc(Cl)c2Cl)C1. The highest BCUT2D eigenvalue weighted by molar-refractivity contribution is 6.43. The van der Waals surface area contributed by atoms with Crippen LogP contribution in [-0.2, 0) is 11.2 Å². The van der Waals surface area contributed by atoms with E-state index in [9.17, 15) is 9.90 Å². The van der Waals surface area contributed by atoms with E-state index in [1.807, 2.05) is 26.0 Å². The normalized spacial score (nSPS) is 15.5. The van der Waals surface area contributed by atoms with Gasteiger partial charge in [0.25, 0.3) is 0 Å². The van der Waals surface area contributed by atoms with Crippen LogP contribution in [0.25, 0.3) is 6.08 Å². The largest absolute Gasteiger partial charge is 0.481 e. The van der Waals surface area contributed by atoms with Gasteiger partial charge in [-0.05, 0) is 29.5 Å². The average molecular weight is 285 g/mol. The van der Waals surface area contributed by atoms with Gasteiger partial charge in [-0.3, -0.25) is 4.79 Å². The molecule has 0 radical (unpaired) electrons. The second kappa shape index (κ2) is 4.94. The van der Waals surface area contributed by atoms with Gasteiger partial charge in [-0.1, -0.05) is 54.8 Å². The lowest BCUT2D eigenvalue weighted by Crippen LogP contribution is -2.22. The van der Waals surface area contributed by atoms with Gasteiger partial charge in [0.15, 0.2) is 0 Å². The van der Waals surface area contributed by atoms with Crippen molar-refractivity contribution in [2.45, 2.75) is 20.3 Å².